The van der Waals surface area contributed by atoms with Crippen LogP contribution in [-0.4, -0.2) is 43.2 Å². The van der Waals surface area contributed by atoms with E-state index in [1.165, 1.54) is 10.4 Å². The van der Waals surface area contributed by atoms with E-state index in [0.29, 0.717) is 13.2 Å². The van der Waals surface area contributed by atoms with E-state index < -0.39 is 0 Å². The average Bonchev–Trinajstić information content (AvgIpc) is 2.76. The molecule has 0 bridgehead atoms. The van der Waals surface area contributed by atoms with E-state index in [-0.39, 0.29) is 12.0 Å². The standard InChI is InChI=1S/C13H20N2O2S/c1-3-17-13(16)11-8-14-5-6-15(11)9-12-10(2)4-7-18-12/h4,7,11,14H,3,5-6,8-9H2,1-2H3. The van der Waals surface area contributed by atoms with Crippen molar-refractivity contribution in [1.82, 2.24) is 10.2 Å². The fourth-order valence-electron chi connectivity index (χ4n) is 2.16. The molecule has 18 heavy (non-hydrogen) atoms. The van der Waals surface area contributed by atoms with Gasteiger partial charge in [0.15, 0.2) is 0 Å². The zero-order valence-corrected chi connectivity index (χ0v) is 11.8. The van der Waals surface area contributed by atoms with Crippen LogP contribution < -0.4 is 5.32 Å². The van der Waals surface area contributed by atoms with E-state index in [1.807, 2.05) is 6.92 Å². The van der Waals surface area contributed by atoms with Gasteiger partial charge in [-0.05, 0) is 30.9 Å². The summed E-state index contributed by atoms with van der Waals surface area (Å²) in [4.78, 5) is 15.5. The summed E-state index contributed by atoms with van der Waals surface area (Å²) in [6.07, 6.45) is 0. The number of hydrogen-bond donors (Lipinski definition) is 1. The molecule has 1 aliphatic rings. The van der Waals surface area contributed by atoms with Gasteiger partial charge in [0.2, 0.25) is 0 Å². The SMILES string of the molecule is CCOC(=O)C1CNCCN1Cc1sccc1C. The van der Waals surface area contributed by atoms with Gasteiger partial charge in [-0.3, -0.25) is 9.69 Å². The summed E-state index contributed by atoms with van der Waals surface area (Å²) in [6.45, 7) is 7.76. The Balaban J connectivity index is 2.04. The van der Waals surface area contributed by atoms with Gasteiger partial charge in [-0.25, -0.2) is 0 Å². The number of piperazine rings is 1. The highest BCUT2D eigenvalue weighted by Crippen LogP contribution is 2.20. The first kappa shape index (κ1) is 13.5. The first-order valence-corrected chi connectivity index (χ1v) is 7.24. The Kier molecular flexibility index (Phi) is 4.74. The quantitative estimate of drug-likeness (QED) is 0.838. The van der Waals surface area contributed by atoms with E-state index in [0.717, 1.165) is 19.6 Å². The summed E-state index contributed by atoms with van der Waals surface area (Å²) >= 11 is 1.76. The van der Waals surface area contributed by atoms with Gasteiger partial charge >= 0.3 is 5.97 Å². The normalized spacial score (nSPS) is 20.9. The van der Waals surface area contributed by atoms with Gasteiger partial charge < -0.3 is 10.1 Å². The number of thiophene rings is 1. The van der Waals surface area contributed by atoms with Crippen molar-refractivity contribution in [2.24, 2.45) is 0 Å². The van der Waals surface area contributed by atoms with E-state index in [2.05, 4.69) is 28.6 Å². The molecule has 0 aromatic carbocycles. The molecule has 1 atom stereocenters. The molecular formula is C13H20N2O2S. The smallest absolute Gasteiger partial charge is 0.324 e. The van der Waals surface area contributed by atoms with Gasteiger partial charge in [-0.15, -0.1) is 11.3 Å². The second-order valence-corrected chi connectivity index (χ2v) is 5.47. The van der Waals surface area contributed by atoms with Crippen molar-refractivity contribution in [3.05, 3.63) is 21.9 Å². The van der Waals surface area contributed by atoms with E-state index >= 15 is 0 Å². The van der Waals surface area contributed by atoms with Crippen LogP contribution in [-0.2, 0) is 16.1 Å². The Morgan fingerprint density at radius 1 is 1.67 bits per heavy atom. The fourth-order valence-corrected chi connectivity index (χ4v) is 3.09. The van der Waals surface area contributed by atoms with Crippen LogP contribution in [0.1, 0.15) is 17.4 Å². The first-order chi connectivity index (χ1) is 8.72. The van der Waals surface area contributed by atoms with Gasteiger partial charge in [0.25, 0.3) is 0 Å². The highest BCUT2D eigenvalue weighted by Gasteiger charge is 2.30. The molecule has 1 aromatic heterocycles. The molecule has 1 aromatic rings. The number of carbonyl (C=O) groups is 1. The molecule has 2 heterocycles. The molecular weight excluding hydrogens is 248 g/mol. The lowest BCUT2D eigenvalue weighted by Crippen LogP contribution is -2.54. The molecule has 4 nitrogen and oxygen atoms in total. The predicted octanol–water partition coefficient (Wildman–Crippen LogP) is 1.39. The van der Waals surface area contributed by atoms with Crippen molar-refractivity contribution in [3.63, 3.8) is 0 Å². The lowest BCUT2D eigenvalue weighted by atomic mass is 10.1. The lowest BCUT2D eigenvalue weighted by Gasteiger charge is -2.34. The van der Waals surface area contributed by atoms with Crippen LogP contribution >= 0.6 is 11.3 Å². The van der Waals surface area contributed by atoms with Gasteiger partial charge in [-0.2, -0.15) is 0 Å². The van der Waals surface area contributed by atoms with Crippen molar-refractivity contribution < 1.29 is 9.53 Å². The minimum atomic E-state index is -0.153. The predicted molar refractivity (Wildman–Crippen MR) is 72.8 cm³/mol. The number of ether oxygens (including phenoxy) is 1. The molecule has 1 fully saturated rings. The largest absolute Gasteiger partial charge is 0.465 e. The topological polar surface area (TPSA) is 41.6 Å². The zero-order valence-electron chi connectivity index (χ0n) is 10.9. The Morgan fingerprint density at radius 3 is 3.17 bits per heavy atom. The molecule has 1 saturated heterocycles. The number of rotatable bonds is 4. The van der Waals surface area contributed by atoms with Gasteiger partial charge in [-0.1, -0.05) is 0 Å². The average molecular weight is 268 g/mol. The second-order valence-electron chi connectivity index (χ2n) is 4.47. The number of nitrogens with zero attached hydrogens (tertiary/aromatic N) is 1. The Labute approximate surface area is 112 Å². The van der Waals surface area contributed by atoms with E-state index in [1.54, 1.807) is 11.3 Å². The minimum absolute atomic E-state index is 0.112. The summed E-state index contributed by atoms with van der Waals surface area (Å²) in [5.74, 6) is -0.112. The van der Waals surface area contributed by atoms with Gasteiger partial charge in [0.1, 0.15) is 6.04 Å². The third-order valence-electron chi connectivity index (χ3n) is 3.23. The highest BCUT2D eigenvalue weighted by atomic mass is 32.1. The molecule has 1 unspecified atom stereocenters. The molecule has 0 radical (unpaired) electrons. The summed E-state index contributed by atoms with van der Waals surface area (Å²) < 4.78 is 5.14. The number of hydrogen-bond acceptors (Lipinski definition) is 5. The molecule has 5 heteroatoms. The van der Waals surface area contributed by atoms with Crippen LogP contribution in [0.15, 0.2) is 11.4 Å². The molecule has 0 aliphatic carbocycles. The molecule has 1 N–H and O–H groups in total. The molecule has 100 valence electrons. The van der Waals surface area contributed by atoms with Gasteiger partial charge in [0.05, 0.1) is 6.61 Å². The van der Waals surface area contributed by atoms with Crippen LogP contribution in [0.4, 0.5) is 0 Å². The Bertz CT molecular complexity index is 405. The van der Waals surface area contributed by atoms with Crippen molar-refractivity contribution in [1.29, 1.82) is 0 Å². The number of aryl methyl sites for hydroxylation is 1. The maximum Gasteiger partial charge on any atom is 0.324 e. The molecule has 0 amide bonds. The van der Waals surface area contributed by atoms with Gasteiger partial charge in [0, 0.05) is 31.1 Å². The summed E-state index contributed by atoms with van der Waals surface area (Å²) in [7, 11) is 0. The third-order valence-corrected chi connectivity index (χ3v) is 4.24. The van der Waals surface area contributed by atoms with E-state index in [4.69, 9.17) is 4.74 Å². The van der Waals surface area contributed by atoms with Crippen molar-refractivity contribution in [3.8, 4) is 0 Å². The fraction of sp³-hybridized carbons (Fsp3) is 0.615. The molecule has 2 rings (SSSR count). The van der Waals surface area contributed by atoms with Crippen molar-refractivity contribution in [2.45, 2.75) is 26.4 Å². The molecule has 0 spiro atoms. The number of carbonyl (C=O) groups excluding carboxylic acids is 1. The second kappa shape index (κ2) is 6.31. The summed E-state index contributed by atoms with van der Waals surface area (Å²) in [6, 6.07) is 1.97. The van der Waals surface area contributed by atoms with Crippen LogP contribution in [0, 0.1) is 6.92 Å². The van der Waals surface area contributed by atoms with Crippen LogP contribution in [0.25, 0.3) is 0 Å². The highest BCUT2D eigenvalue weighted by molar-refractivity contribution is 7.10. The maximum atomic E-state index is 11.9. The first-order valence-electron chi connectivity index (χ1n) is 6.36. The minimum Gasteiger partial charge on any atom is -0.465 e. The Hall–Kier alpha value is -0.910. The van der Waals surface area contributed by atoms with Crippen LogP contribution in [0.3, 0.4) is 0 Å². The zero-order chi connectivity index (χ0) is 13.0. The maximum absolute atomic E-state index is 11.9. The van der Waals surface area contributed by atoms with Crippen molar-refractivity contribution in [2.75, 3.05) is 26.2 Å². The van der Waals surface area contributed by atoms with Crippen LogP contribution in [0.2, 0.25) is 0 Å². The lowest BCUT2D eigenvalue weighted by molar-refractivity contribution is -0.150. The van der Waals surface area contributed by atoms with Crippen molar-refractivity contribution >= 4 is 17.3 Å². The van der Waals surface area contributed by atoms with E-state index in [9.17, 15) is 4.79 Å². The van der Waals surface area contributed by atoms with Crippen LogP contribution in [0.5, 0.6) is 0 Å². The summed E-state index contributed by atoms with van der Waals surface area (Å²) in [5.41, 5.74) is 1.31. The molecule has 0 saturated carbocycles. The number of esters is 1. The molecule has 1 aliphatic heterocycles. The summed E-state index contributed by atoms with van der Waals surface area (Å²) in [5, 5.41) is 5.36. The third kappa shape index (κ3) is 3.10. The Morgan fingerprint density at radius 2 is 2.50 bits per heavy atom. The number of nitrogens with one attached hydrogen (secondary N) is 1. The monoisotopic (exact) mass is 268 g/mol.